The molecule has 2 aromatic rings. The summed E-state index contributed by atoms with van der Waals surface area (Å²) in [4.78, 5) is 46.6. The molecule has 0 unspecified atom stereocenters. The average molecular weight is 397 g/mol. The second kappa shape index (κ2) is 8.21. The van der Waals surface area contributed by atoms with Crippen molar-refractivity contribution in [1.29, 1.82) is 0 Å². The molecule has 1 N–H and O–H groups in total. The number of amides is 2. The third-order valence-electron chi connectivity index (χ3n) is 3.97. The summed E-state index contributed by atoms with van der Waals surface area (Å²) in [5.74, 6) is -2.06. The summed E-state index contributed by atoms with van der Waals surface area (Å²) >= 11 is 0. The van der Waals surface area contributed by atoms with Crippen molar-refractivity contribution < 1.29 is 28.8 Å². The van der Waals surface area contributed by atoms with Gasteiger partial charge in [0.25, 0.3) is 11.8 Å². The van der Waals surface area contributed by atoms with E-state index in [0.29, 0.717) is 5.69 Å². The molecule has 148 valence electrons. The molecule has 1 heterocycles. The van der Waals surface area contributed by atoms with Crippen LogP contribution in [-0.2, 0) is 19.1 Å². The Bertz CT molecular complexity index is 1020. The highest BCUT2D eigenvalue weighted by Gasteiger charge is 2.34. The summed E-state index contributed by atoms with van der Waals surface area (Å²) in [6, 6.07) is 12.4. The van der Waals surface area contributed by atoms with Crippen LogP contribution >= 0.6 is 0 Å². The molecule has 10 nitrogen and oxygen atoms in total. The molecule has 29 heavy (non-hydrogen) atoms. The topological polar surface area (TPSA) is 128 Å². The fourth-order valence-corrected chi connectivity index (χ4v) is 2.57. The molecule has 1 aliphatic rings. The summed E-state index contributed by atoms with van der Waals surface area (Å²) < 4.78 is 9.53. The van der Waals surface area contributed by atoms with Crippen molar-refractivity contribution in [3.63, 3.8) is 0 Å². The fourth-order valence-electron chi connectivity index (χ4n) is 2.57. The van der Waals surface area contributed by atoms with Crippen molar-refractivity contribution in [1.82, 2.24) is 5.43 Å². The van der Waals surface area contributed by atoms with Crippen LogP contribution in [0.5, 0.6) is 5.75 Å². The molecular weight excluding hydrogens is 382 g/mol. The van der Waals surface area contributed by atoms with Gasteiger partial charge >= 0.3 is 11.7 Å². The lowest BCUT2D eigenvalue weighted by atomic mass is 10.1. The molecule has 10 heteroatoms. The summed E-state index contributed by atoms with van der Waals surface area (Å²) in [5.41, 5.74) is 2.57. The van der Waals surface area contributed by atoms with Gasteiger partial charge in [-0.3, -0.25) is 25.1 Å². The molecule has 2 amide bonds. The highest BCUT2D eigenvalue weighted by atomic mass is 16.6. The number of para-hydroxylation sites is 1. The van der Waals surface area contributed by atoms with Crippen LogP contribution in [0.15, 0.2) is 54.1 Å². The zero-order valence-electron chi connectivity index (χ0n) is 15.2. The van der Waals surface area contributed by atoms with Crippen molar-refractivity contribution in [2.45, 2.75) is 0 Å². The molecule has 1 aliphatic heterocycles. The molecule has 0 saturated carbocycles. The van der Waals surface area contributed by atoms with Gasteiger partial charge in [-0.15, -0.1) is 0 Å². The average Bonchev–Trinajstić information content (AvgIpc) is 3.01. The molecule has 0 radical (unpaired) electrons. The first-order valence-electron chi connectivity index (χ1n) is 8.31. The zero-order chi connectivity index (χ0) is 21.0. The summed E-state index contributed by atoms with van der Waals surface area (Å²) in [5, 5.41) is 12.4. The van der Waals surface area contributed by atoms with Gasteiger partial charge in [-0.05, 0) is 29.8 Å². The van der Waals surface area contributed by atoms with Crippen molar-refractivity contribution >= 4 is 35.2 Å². The number of nitrogens with zero attached hydrogens (tertiary/aromatic N) is 2. The third-order valence-corrected chi connectivity index (χ3v) is 3.97. The Kier molecular flexibility index (Phi) is 5.54. The van der Waals surface area contributed by atoms with E-state index in [-0.39, 0.29) is 16.9 Å². The number of nitro groups is 1. The number of anilines is 1. The van der Waals surface area contributed by atoms with Crippen molar-refractivity contribution in [2.24, 2.45) is 0 Å². The Labute approximate surface area is 164 Å². The van der Waals surface area contributed by atoms with Crippen LogP contribution in [0, 0.1) is 10.1 Å². The van der Waals surface area contributed by atoms with Crippen LogP contribution < -0.4 is 15.2 Å². The SMILES string of the molecule is COC(=O)COc1ccc(C=C2C(=O)NN(c3ccccc3)C2=O)cc1[N+](=O)[O-]. The van der Waals surface area contributed by atoms with Crippen molar-refractivity contribution in [3.05, 3.63) is 69.8 Å². The number of benzene rings is 2. The summed E-state index contributed by atoms with van der Waals surface area (Å²) in [6.07, 6.45) is 1.25. The van der Waals surface area contributed by atoms with Crippen LogP contribution in [0.1, 0.15) is 5.56 Å². The third kappa shape index (κ3) is 4.21. The first-order chi connectivity index (χ1) is 13.9. The van der Waals surface area contributed by atoms with E-state index in [0.717, 1.165) is 18.2 Å². The van der Waals surface area contributed by atoms with E-state index in [4.69, 9.17) is 4.74 Å². The molecule has 0 aromatic heterocycles. The molecule has 0 bridgehead atoms. The van der Waals surface area contributed by atoms with Gasteiger partial charge in [0.1, 0.15) is 5.57 Å². The predicted octanol–water partition coefficient (Wildman–Crippen LogP) is 1.61. The Hall–Kier alpha value is -4.21. The normalized spacial score (nSPS) is 14.7. The van der Waals surface area contributed by atoms with Crippen LogP contribution in [0.2, 0.25) is 0 Å². The van der Waals surface area contributed by atoms with Crippen molar-refractivity contribution in [2.75, 3.05) is 18.7 Å². The predicted molar refractivity (Wildman–Crippen MR) is 101 cm³/mol. The van der Waals surface area contributed by atoms with Gasteiger partial charge in [0.05, 0.1) is 17.7 Å². The first kappa shape index (κ1) is 19.5. The van der Waals surface area contributed by atoms with Gasteiger partial charge in [0, 0.05) is 6.07 Å². The molecule has 3 rings (SSSR count). The number of rotatable bonds is 6. The molecule has 0 aliphatic carbocycles. The largest absolute Gasteiger partial charge is 0.475 e. The maximum absolute atomic E-state index is 12.6. The van der Waals surface area contributed by atoms with E-state index in [1.54, 1.807) is 30.3 Å². The number of hydrogen-bond donors (Lipinski definition) is 1. The van der Waals surface area contributed by atoms with E-state index >= 15 is 0 Å². The summed E-state index contributed by atoms with van der Waals surface area (Å²) in [7, 11) is 1.16. The Morgan fingerprint density at radius 2 is 1.93 bits per heavy atom. The summed E-state index contributed by atoms with van der Waals surface area (Å²) in [6.45, 7) is -0.495. The number of hydrogen-bond acceptors (Lipinski definition) is 7. The van der Waals surface area contributed by atoms with Crippen LogP contribution in [0.4, 0.5) is 11.4 Å². The van der Waals surface area contributed by atoms with E-state index in [1.807, 2.05) is 0 Å². The number of nitro benzene ring substituents is 1. The van der Waals surface area contributed by atoms with E-state index in [9.17, 15) is 24.5 Å². The van der Waals surface area contributed by atoms with Crippen LogP contribution in [0.25, 0.3) is 6.08 Å². The second-order valence-electron chi connectivity index (χ2n) is 5.82. The number of carbonyl (C=O) groups is 3. The fraction of sp³-hybridized carbons (Fsp3) is 0.105. The van der Waals surface area contributed by atoms with E-state index in [1.165, 1.54) is 18.2 Å². The van der Waals surface area contributed by atoms with Crippen LogP contribution in [0.3, 0.4) is 0 Å². The van der Waals surface area contributed by atoms with Gasteiger partial charge in [-0.25, -0.2) is 9.80 Å². The number of ether oxygens (including phenoxy) is 2. The quantitative estimate of drug-likeness (QED) is 0.258. The van der Waals surface area contributed by atoms with Crippen molar-refractivity contribution in [3.8, 4) is 5.75 Å². The van der Waals surface area contributed by atoms with Gasteiger partial charge in [0.15, 0.2) is 12.4 Å². The molecule has 1 fully saturated rings. The Balaban J connectivity index is 1.88. The lowest BCUT2D eigenvalue weighted by Gasteiger charge is -2.13. The Morgan fingerprint density at radius 3 is 2.59 bits per heavy atom. The number of hydrazine groups is 1. The zero-order valence-corrected chi connectivity index (χ0v) is 15.2. The molecule has 2 aromatic carbocycles. The molecule has 1 saturated heterocycles. The minimum absolute atomic E-state index is 0.143. The standard InChI is InChI=1S/C19H15N3O7/c1-28-17(23)11-29-16-8-7-12(10-15(16)22(26)27)9-14-18(24)20-21(19(14)25)13-5-3-2-4-6-13/h2-10H,11H2,1H3,(H,20,24). The van der Waals surface area contributed by atoms with Gasteiger partial charge in [-0.1, -0.05) is 24.3 Å². The highest BCUT2D eigenvalue weighted by molar-refractivity contribution is 6.31. The monoisotopic (exact) mass is 397 g/mol. The van der Waals surface area contributed by atoms with Gasteiger partial charge in [0.2, 0.25) is 0 Å². The minimum atomic E-state index is -0.695. The maximum atomic E-state index is 12.6. The van der Waals surface area contributed by atoms with Gasteiger partial charge < -0.3 is 9.47 Å². The smallest absolute Gasteiger partial charge is 0.343 e. The molecular formula is C19H15N3O7. The van der Waals surface area contributed by atoms with E-state index < -0.39 is 35.0 Å². The number of carbonyl (C=O) groups excluding carboxylic acids is 3. The minimum Gasteiger partial charge on any atom is -0.475 e. The number of nitrogens with one attached hydrogen (secondary N) is 1. The lowest BCUT2D eigenvalue weighted by molar-refractivity contribution is -0.385. The number of methoxy groups -OCH3 is 1. The first-order valence-corrected chi connectivity index (χ1v) is 8.31. The molecule has 0 spiro atoms. The number of esters is 1. The second-order valence-corrected chi connectivity index (χ2v) is 5.82. The maximum Gasteiger partial charge on any atom is 0.343 e. The van der Waals surface area contributed by atoms with E-state index in [2.05, 4.69) is 10.2 Å². The molecule has 0 atom stereocenters. The van der Waals surface area contributed by atoms with Gasteiger partial charge in [-0.2, -0.15) is 0 Å². The Morgan fingerprint density at radius 1 is 1.21 bits per heavy atom. The van der Waals surface area contributed by atoms with Crippen LogP contribution in [-0.4, -0.2) is 36.4 Å². The lowest BCUT2D eigenvalue weighted by Crippen LogP contribution is -2.35. The highest BCUT2D eigenvalue weighted by Crippen LogP contribution is 2.30.